The van der Waals surface area contributed by atoms with Gasteiger partial charge in [0, 0.05) is 13.1 Å². The van der Waals surface area contributed by atoms with Crippen LogP contribution in [0.4, 0.5) is 0 Å². The summed E-state index contributed by atoms with van der Waals surface area (Å²) in [5.74, 6) is 0.597. The van der Waals surface area contributed by atoms with Gasteiger partial charge in [0.1, 0.15) is 0 Å². The maximum absolute atomic E-state index is 5.66. The van der Waals surface area contributed by atoms with Gasteiger partial charge in [-0.05, 0) is 12.8 Å². The molecule has 10 heavy (non-hydrogen) atoms. The minimum absolute atomic E-state index is 0.0677. The lowest BCUT2D eigenvalue weighted by atomic mass is 9.91. The Kier molecular flexibility index (Phi) is 2.32. The van der Waals surface area contributed by atoms with E-state index in [1.807, 2.05) is 0 Å². The van der Waals surface area contributed by atoms with Crippen LogP contribution in [0.3, 0.4) is 0 Å². The molecular weight excluding hydrogens is 126 g/mol. The summed E-state index contributed by atoms with van der Waals surface area (Å²) in [7, 11) is 0. The molecule has 0 radical (unpaired) electrons. The van der Waals surface area contributed by atoms with E-state index in [1.165, 1.54) is 0 Å². The van der Waals surface area contributed by atoms with Crippen LogP contribution in [0.1, 0.15) is 20.8 Å². The highest BCUT2D eigenvalue weighted by molar-refractivity contribution is 4.84. The molecule has 1 saturated heterocycles. The Hall–Kier alpha value is -0.0800. The largest absolute Gasteiger partial charge is 0.372 e. The Morgan fingerprint density at radius 2 is 2.20 bits per heavy atom. The lowest BCUT2D eigenvalue weighted by molar-refractivity contribution is -0.0823. The Labute approximate surface area is 63.0 Å². The molecule has 0 aliphatic carbocycles. The molecule has 2 nitrogen and oxygen atoms in total. The van der Waals surface area contributed by atoms with Crippen LogP contribution in [-0.2, 0) is 4.74 Å². The van der Waals surface area contributed by atoms with E-state index in [1.54, 1.807) is 0 Å². The highest BCUT2D eigenvalue weighted by Crippen LogP contribution is 2.21. The smallest absolute Gasteiger partial charge is 0.0801 e. The molecule has 0 saturated carbocycles. The molecule has 1 rings (SSSR count). The van der Waals surface area contributed by atoms with Crippen molar-refractivity contribution in [1.29, 1.82) is 0 Å². The van der Waals surface area contributed by atoms with Crippen molar-refractivity contribution >= 4 is 0 Å². The first-order valence-electron chi connectivity index (χ1n) is 4.00. The Morgan fingerprint density at radius 3 is 2.50 bits per heavy atom. The molecule has 1 unspecified atom stereocenters. The fourth-order valence-corrected chi connectivity index (χ4v) is 1.11. The van der Waals surface area contributed by atoms with Gasteiger partial charge in [0.25, 0.3) is 0 Å². The third kappa shape index (κ3) is 1.50. The first kappa shape index (κ1) is 8.02. The molecule has 0 bridgehead atoms. The van der Waals surface area contributed by atoms with E-state index >= 15 is 0 Å². The summed E-state index contributed by atoms with van der Waals surface area (Å²) in [6.07, 6.45) is 0. The van der Waals surface area contributed by atoms with E-state index in [2.05, 4.69) is 26.1 Å². The molecule has 2 heteroatoms. The average molecular weight is 143 g/mol. The number of ether oxygens (including phenoxy) is 1. The first-order valence-corrected chi connectivity index (χ1v) is 4.00. The molecule has 60 valence electrons. The summed E-state index contributed by atoms with van der Waals surface area (Å²) >= 11 is 0. The molecule has 1 fully saturated rings. The highest BCUT2D eigenvalue weighted by atomic mass is 16.5. The highest BCUT2D eigenvalue weighted by Gasteiger charge is 2.30. The van der Waals surface area contributed by atoms with Crippen LogP contribution in [0.15, 0.2) is 0 Å². The van der Waals surface area contributed by atoms with Crippen LogP contribution in [0, 0.1) is 5.92 Å². The van der Waals surface area contributed by atoms with Gasteiger partial charge in [0.05, 0.1) is 12.2 Å². The second kappa shape index (κ2) is 2.89. The molecule has 1 aliphatic heterocycles. The molecule has 0 aromatic carbocycles. The van der Waals surface area contributed by atoms with Gasteiger partial charge in [-0.2, -0.15) is 0 Å². The first-order chi connectivity index (χ1) is 4.65. The van der Waals surface area contributed by atoms with Gasteiger partial charge in [0.2, 0.25) is 0 Å². The van der Waals surface area contributed by atoms with Crippen molar-refractivity contribution in [2.24, 2.45) is 5.92 Å². The van der Waals surface area contributed by atoms with Gasteiger partial charge < -0.3 is 10.1 Å². The molecule has 1 atom stereocenters. The zero-order valence-corrected chi connectivity index (χ0v) is 7.11. The summed E-state index contributed by atoms with van der Waals surface area (Å²) in [5, 5.41) is 3.33. The van der Waals surface area contributed by atoms with Gasteiger partial charge >= 0.3 is 0 Å². The molecule has 0 aromatic rings. The van der Waals surface area contributed by atoms with Crippen molar-refractivity contribution in [2.45, 2.75) is 26.4 Å². The van der Waals surface area contributed by atoms with Gasteiger partial charge in [-0.15, -0.1) is 0 Å². The predicted molar refractivity (Wildman–Crippen MR) is 42.1 cm³/mol. The summed E-state index contributed by atoms with van der Waals surface area (Å²) in [5.41, 5.74) is 0.0677. The van der Waals surface area contributed by atoms with Gasteiger partial charge in [-0.3, -0.25) is 0 Å². The average Bonchev–Trinajstić information content (AvgIpc) is 1.89. The maximum Gasteiger partial charge on any atom is 0.0801 e. The topological polar surface area (TPSA) is 21.3 Å². The molecule has 0 spiro atoms. The number of rotatable bonds is 1. The fraction of sp³-hybridized carbons (Fsp3) is 1.00. The van der Waals surface area contributed by atoms with Crippen molar-refractivity contribution in [3.63, 3.8) is 0 Å². The van der Waals surface area contributed by atoms with E-state index in [9.17, 15) is 0 Å². The second-order valence-corrected chi connectivity index (χ2v) is 3.49. The van der Waals surface area contributed by atoms with Crippen molar-refractivity contribution in [3.05, 3.63) is 0 Å². The van der Waals surface area contributed by atoms with Crippen molar-refractivity contribution in [2.75, 3.05) is 19.7 Å². The third-order valence-corrected chi connectivity index (χ3v) is 2.41. The molecule has 1 N–H and O–H groups in total. The summed E-state index contributed by atoms with van der Waals surface area (Å²) in [6, 6.07) is 0. The van der Waals surface area contributed by atoms with E-state index in [0.717, 1.165) is 19.7 Å². The lowest BCUT2D eigenvalue weighted by Crippen LogP contribution is -2.50. The van der Waals surface area contributed by atoms with Crippen LogP contribution >= 0.6 is 0 Å². The lowest BCUT2D eigenvalue weighted by Gasteiger charge is -2.37. The quantitative estimate of drug-likeness (QED) is 0.591. The van der Waals surface area contributed by atoms with E-state index in [0.29, 0.717) is 5.92 Å². The van der Waals surface area contributed by atoms with Crippen molar-refractivity contribution < 1.29 is 4.74 Å². The molecular formula is C8H17NO. The summed E-state index contributed by atoms with van der Waals surface area (Å²) < 4.78 is 5.66. The Bertz CT molecular complexity index is 106. The number of hydrogen-bond donors (Lipinski definition) is 1. The number of hydrogen-bond acceptors (Lipinski definition) is 2. The van der Waals surface area contributed by atoms with Crippen LogP contribution < -0.4 is 5.32 Å². The fourth-order valence-electron chi connectivity index (χ4n) is 1.11. The van der Waals surface area contributed by atoms with Crippen molar-refractivity contribution in [1.82, 2.24) is 5.32 Å². The van der Waals surface area contributed by atoms with E-state index in [-0.39, 0.29) is 5.60 Å². The minimum Gasteiger partial charge on any atom is -0.372 e. The van der Waals surface area contributed by atoms with E-state index in [4.69, 9.17) is 4.74 Å². The van der Waals surface area contributed by atoms with Gasteiger partial charge in [-0.25, -0.2) is 0 Å². The Balaban J connectivity index is 2.48. The van der Waals surface area contributed by atoms with Gasteiger partial charge in [0.15, 0.2) is 0 Å². The zero-order chi connectivity index (χ0) is 7.61. The SMILES string of the molecule is CC(C)C1(C)CNCCO1. The molecule has 1 heterocycles. The van der Waals surface area contributed by atoms with Gasteiger partial charge in [-0.1, -0.05) is 13.8 Å². The third-order valence-electron chi connectivity index (χ3n) is 2.41. The Morgan fingerprint density at radius 1 is 1.50 bits per heavy atom. The predicted octanol–water partition coefficient (Wildman–Crippen LogP) is 1.02. The monoisotopic (exact) mass is 143 g/mol. The standard InChI is InChI=1S/C8H17NO/c1-7(2)8(3)6-9-4-5-10-8/h7,9H,4-6H2,1-3H3. The normalized spacial score (nSPS) is 34.8. The minimum atomic E-state index is 0.0677. The van der Waals surface area contributed by atoms with Crippen LogP contribution in [0.5, 0.6) is 0 Å². The maximum atomic E-state index is 5.66. The van der Waals surface area contributed by atoms with Crippen LogP contribution in [0.2, 0.25) is 0 Å². The molecule has 1 aliphatic rings. The molecule has 0 aromatic heterocycles. The van der Waals surface area contributed by atoms with Crippen LogP contribution in [-0.4, -0.2) is 25.3 Å². The zero-order valence-electron chi connectivity index (χ0n) is 7.11. The number of morpholine rings is 1. The second-order valence-electron chi connectivity index (χ2n) is 3.49. The van der Waals surface area contributed by atoms with Crippen LogP contribution in [0.25, 0.3) is 0 Å². The molecule has 0 amide bonds. The summed E-state index contributed by atoms with van der Waals surface area (Å²) in [4.78, 5) is 0. The van der Waals surface area contributed by atoms with E-state index < -0.39 is 0 Å². The summed E-state index contributed by atoms with van der Waals surface area (Å²) in [6.45, 7) is 9.42. The number of nitrogens with one attached hydrogen (secondary N) is 1. The van der Waals surface area contributed by atoms with Crippen molar-refractivity contribution in [3.8, 4) is 0 Å².